The number of rotatable bonds is 9. The van der Waals surface area contributed by atoms with Crippen molar-refractivity contribution in [1.82, 2.24) is 15.6 Å². The number of H-pyrrole nitrogens is 1. The number of carbonyl (C=O) groups is 3. The Bertz CT molecular complexity index is 1130. The van der Waals surface area contributed by atoms with Crippen LogP contribution in [-0.2, 0) is 9.59 Å². The first-order chi connectivity index (χ1) is 16.4. The molecule has 0 aliphatic heterocycles. The molecule has 2 aliphatic rings. The van der Waals surface area contributed by atoms with Crippen LogP contribution in [0.4, 0.5) is 0 Å². The lowest BCUT2D eigenvalue weighted by Crippen LogP contribution is -2.50. The summed E-state index contributed by atoms with van der Waals surface area (Å²) in [4.78, 5) is 41.2. The van der Waals surface area contributed by atoms with E-state index >= 15 is 0 Å². The zero-order valence-electron chi connectivity index (χ0n) is 19.2. The van der Waals surface area contributed by atoms with Gasteiger partial charge in [-0.25, -0.2) is 0 Å². The average molecular weight is 485 g/mol. The molecule has 0 saturated heterocycles. The van der Waals surface area contributed by atoms with Crippen molar-refractivity contribution < 1.29 is 19.1 Å². The topological polar surface area (TPSA) is 124 Å². The van der Waals surface area contributed by atoms with Gasteiger partial charge in [0.25, 0.3) is 5.91 Å². The smallest absolute Gasteiger partial charge is 0.268 e. The minimum Gasteiger partial charge on any atom is -0.497 e. The zero-order valence-corrected chi connectivity index (χ0v) is 19.9. The summed E-state index contributed by atoms with van der Waals surface area (Å²) in [5.41, 5.74) is 0.890. The fourth-order valence-electron chi connectivity index (χ4n) is 4.57. The van der Waals surface area contributed by atoms with Gasteiger partial charge in [-0.1, -0.05) is 30.9 Å². The number of halogens is 1. The van der Waals surface area contributed by atoms with Crippen molar-refractivity contribution in [3.63, 3.8) is 0 Å². The summed E-state index contributed by atoms with van der Waals surface area (Å²) >= 11 is 6.29. The van der Waals surface area contributed by atoms with Crippen LogP contribution in [0.2, 0.25) is 5.02 Å². The Labute approximate surface area is 203 Å². The summed E-state index contributed by atoms with van der Waals surface area (Å²) in [7, 11) is 1.54. The number of nitriles is 1. The molecule has 1 heterocycles. The Morgan fingerprint density at radius 2 is 2.00 bits per heavy atom. The maximum atomic E-state index is 13.1. The van der Waals surface area contributed by atoms with Crippen molar-refractivity contribution in [2.75, 3.05) is 7.11 Å². The Morgan fingerprint density at radius 3 is 2.68 bits per heavy atom. The van der Waals surface area contributed by atoms with Crippen molar-refractivity contribution in [2.45, 2.75) is 63.5 Å². The summed E-state index contributed by atoms with van der Waals surface area (Å²) < 4.78 is 5.23. The Hall–Kier alpha value is -3.05. The van der Waals surface area contributed by atoms with Crippen molar-refractivity contribution in [1.29, 1.82) is 5.26 Å². The molecule has 3 N–H and O–H groups in total. The first-order valence-electron chi connectivity index (χ1n) is 11.8. The number of nitrogens with one attached hydrogen (secondary N) is 3. The summed E-state index contributed by atoms with van der Waals surface area (Å²) in [6.45, 7) is 0. The number of ketones is 1. The van der Waals surface area contributed by atoms with Gasteiger partial charge in [0, 0.05) is 23.8 Å². The molecule has 4 rings (SSSR count). The number of methoxy groups -OCH3 is 1. The molecule has 180 valence electrons. The van der Waals surface area contributed by atoms with Crippen molar-refractivity contribution >= 4 is 40.1 Å². The van der Waals surface area contributed by atoms with Gasteiger partial charge in [-0.2, -0.15) is 5.26 Å². The van der Waals surface area contributed by atoms with E-state index < -0.39 is 23.9 Å². The number of benzene rings is 1. The molecule has 0 spiro atoms. The van der Waals surface area contributed by atoms with Gasteiger partial charge >= 0.3 is 0 Å². The molecule has 2 aromatic rings. The Balaban J connectivity index is 1.44. The van der Waals surface area contributed by atoms with Gasteiger partial charge in [0.15, 0.2) is 0 Å². The predicted molar refractivity (Wildman–Crippen MR) is 128 cm³/mol. The van der Waals surface area contributed by atoms with Gasteiger partial charge in [0.05, 0.1) is 23.7 Å². The van der Waals surface area contributed by atoms with Gasteiger partial charge in [0.1, 0.15) is 29.3 Å². The third-order valence-electron chi connectivity index (χ3n) is 6.70. The van der Waals surface area contributed by atoms with Crippen LogP contribution in [0.1, 0.15) is 61.9 Å². The normalized spacial score (nSPS) is 19.8. The number of carbonyl (C=O) groups excluding carboxylic acids is 3. The van der Waals surface area contributed by atoms with Gasteiger partial charge in [0.2, 0.25) is 5.91 Å². The van der Waals surface area contributed by atoms with Crippen LogP contribution in [0.3, 0.4) is 0 Å². The molecule has 1 aromatic heterocycles. The molecule has 2 fully saturated rings. The Kier molecular flexibility index (Phi) is 7.42. The van der Waals surface area contributed by atoms with Crippen molar-refractivity contribution in [3.05, 3.63) is 28.9 Å². The minimum atomic E-state index is -0.769. The fourth-order valence-corrected chi connectivity index (χ4v) is 4.84. The van der Waals surface area contributed by atoms with Crippen LogP contribution in [-0.4, -0.2) is 41.8 Å². The second-order valence-electron chi connectivity index (χ2n) is 9.30. The number of hydrogen-bond acceptors (Lipinski definition) is 5. The van der Waals surface area contributed by atoms with Gasteiger partial charge in [-0.05, 0) is 43.7 Å². The number of fused-ring (bicyclic) bond motifs is 1. The second kappa shape index (κ2) is 10.5. The average Bonchev–Trinajstić information content (AvgIpc) is 3.53. The van der Waals surface area contributed by atoms with Crippen LogP contribution in [0, 0.1) is 23.2 Å². The SMILES string of the molecule is COc1cc(Cl)c2[nH]c(C(=O)N[C@@H](CC3CC3)C(=O)N[C@H](C#N)C[C@@H]3CCCCC3=O)cc2c1. The number of Topliss-reactive ketones (excluding diaryl/α,β-unsaturated/α-hetero) is 1. The second-order valence-corrected chi connectivity index (χ2v) is 9.70. The molecule has 34 heavy (non-hydrogen) atoms. The fraction of sp³-hybridized carbons (Fsp3) is 0.520. The molecular formula is C25H29ClN4O4. The first kappa shape index (κ1) is 24.1. The van der Waals surface area contributed by atoms with Crippen molar-refractivity contribution in [2.24, 2.45) is 11.8 Å². The van der Waals surface area contributed by atoms with Crippen LogP contribution in [0.15, 0.2) is 18.2 Å². The van der Waals surface area contributed by atoms with Gasteiger partial charge in [-0.3, -0.25) is 14.4 Å². The van der Waals surface area contributed by atoms with Crippen LogP contribution in [0.5, 0.6) is 5.75 Å². The molecule has 2 amide bonds. The van der Waals surface area contributed by atoms with E-state index in [1.54, 1.807) is 18.2 Å². The number of nitrogens with zero attached hydrogens (tertiary/aromatic N) is 1. The number of hydrogen-bond donors (Lipinski definition) is 3. The lowest BCUT2D eigenvalue weighted by Gasteiger charge is -2.24. The first-order valence-corrected chi connectivity index (χ1v) is 12.2. The summed E-state index contributed by atoms with van der Waals surface area (Å²) in [6, 6.07) is 5.67. The molecule has 2 aliphatic carbocycles. The monoisotopic (exact) mass is 484 g/mol. The maximum absolute atomic E-state index is 13.1. The quantitative estimate of drug-likeness (QED) is 0.498. The molecule has 0 radical (unpaired) electrons. The number of aromatic amines is 1. The molecule has 8 nitrogen and oxygen atoms in total. The van der Waals surface area contributed by atoms with E-state index in [2.05, 4.69) is 21.7 Å². The largest absolute Gasteiger partial charge is 0.497 e. The van der Waals surface area contributed by atoms with E-state index in [-0.39, 0.29) is 17.4 Å². The third kappa shape index (κ3) is 5.71. The molecule has 2 saturated carbocycles. The van der Waals surface area contributed by atoms with Gasteiger partial charge in [-0.15, -0.1) is 0 Å². The zero-order chi connectivity index (χ0) is 24.2. The standard InChI is InChI=1S/C25H29ClN4O4/c1-34-18-10-16-11-21(29-23(16)19(26)12-18)25(33)30-20(8-14-6-7-14)24(32)28-17(13-27)9-15-4-2-3-5-22(15)31/h10-12,14-15,17,20,29H,2-9H2,1H3,(H,28,32)(H,30,33)/t15-,17-,20-/m0/s1. The van der Waals surface area contributed by atoms with Crippen LogP contribution < -0.4 is 15.4 Å². The lowest BCUT2D eigenvalue weighted by molar-refractivity contribution is -0.126. The number of ether oxygens (including phenoxy) is 1. The molecular weight excluding hydrogens is 456 g/mol. The number of amides is 2. The van der Waals surface area contributed by atoms with Gasteiger partial charge < -0.3 is 20.4 Å². The lowest BCUT2D eigenvalue weighted by atomic mass is 9.84. The van der Waals surface area contributed by atoms with E-state index in [0.29, 0.717) is 41.5 Å². The molecule has 9 heteroatoms. The van der Waals surface area contributed by atoms with E-state index in [0.717, 1.165) is 37.5 Å². The van der Waals surface area contributed by atoms with E-state index in [4.69, 9.17) is 16.3 Å². The van der Waals surface area contributed by atoms with Crippen LogP contribution in [0.25, 0.3) is 10.9 Å². The highest BCUT2D eigenvalue weighted by molar-refractivity contribution is 6.35. The molecule has 3 atom stereocenters. The third-order valence-corrected chi connectivity index (χ3v) is 6.99. The van der Waals surface area contributed by atoms with E-state index in [1.165, 1.54) is 7.11 Å². The molecule has 0 unspecified atom stereocenters. The highest BCUT2D eigenvalue weighted by atomic mass is 35.5. The van der Waals surface area contributed by atoms with E-state index in [9.17, 15) is 19.6 Å². The van der Waals surface area contributed by atoms with Crippen LogP contribution >= 0.6 is 11.6 Å². The minimum absolute atomic E-state index is 0.165. The van der Waals surface area contributed by atoms with Crippen molar-refractivity contribution in [3.8, 4) is 11.8 Å². The molecule has 1 aromatic carbocycles. The molecule has 0 bridgehead atoms. The number of aromatic nitrogens is 1. The maximum Gasteiger partial charge on any atom is 0.268 e. The summed E-state index contributed by atoms with van der Waals surface area (Å²) in [5, 5.41) is 16.3. The van der Waals surface area contributed by atoms with E-state index in [1.807, 2.05) is 0 Å². The Morgan fingerprint density at radius 1 is 1.21 bits per heavy atom. The predicted octanol–water partition coefficient (Wildman–Crippen LogP) is 3.89. The highest BCUT2D eigenvalue weighted by Gasteiger charge is 2.33. The summed E-state index contributed by atoms with van der Waals surface area (Å²) in [5.74, 6) is 0.0983. The highest BCUT2D eigenvalue weighted by Crippen LogP contribution is 2.34. The summed E-state index contributed by atoms with van der Waals surface area (Å²) in [6.07, 6.45) is 5.99.